The van der Waals surface area contributed by atoms with E-state index in [1.54, 1.807) is 12.4 Å². The summed E-state index contributed by atoms with van der Waals surface area (Å²) in [5.41, 5.74) is 1.56. The number of benzene rings is 1. The molecule has 2 heterocycles. The van der Waals surface area contributed by atoms with Crippen LogP contribution in [0, 0.1) is 0 Å². The molecule has 0 fully saturated rings. The molecule has 3 aromatic rings. The van der Waals surface area contributed by atoms with Crippen molar-refractivity contribution in [2.24, 2.45) is 0 Å². The van der Waals surface area contributed by atoms with Crippen LogP contribution in [-0.2, 0) is 0 Å². The lowest BCUT2D eigenvalue weighted by Gasteiger charge is -2.07. The summed E-state index contributed by atoms with van der Waals surface area (Å²) in [5, 5.41) is 7.33. The molecule has 1 N–H and O–H groups in total. The van der Waals surface area contributed by atoms with E-state index < -0.39 is 0 Å². The molecular formula is C16H14N4OS. The SMILES string of the molecule is CC(Sc1n[nH]c(-c2cccnc2)n1)C(=O)c1ccccc1. The Balaban J connectivity index is 1.71. The van der Waals surface area contributed by atoms with Crippen LogP contribution in [0.15, 0.2) is 60.0 Å². The van der Waals surface area contributed by atoms with Gasteiger partial charge < -0.3 is 0 Å². The zero-order valence-corrected chi connectivity index (χ0v) is 12.7. The largest absolute Gasteiger partial charge is 0.293 e. The van der Waals surface area contributed by atoms with E-state index in [0.29, 0.717) is 16.5 Å². The molecule has 0 aliphatic rings. The van der Waals surface area contributed by atoms with Gasteiger partial charge in [-0.1, -0.05) is 42.1 Å². The van der Waals surface area contributed by atoms with E-state index in [-0.39, 0.29) is 11.0 Å². The zero-order valence-electron chi connectivity index (χ0n) is 11.9. The van der Waals surface area contributed by atoms with Gasteiger partial charge in [0.1, 0.15) is 0 Å². The first-order valence-corrected chi connectivity index (χ1v) is 7.71. The molecule has 1 atom stereocenters. The number of carbonyl (C=O) groups is 1. The van der Waals surface area contributed by atoms with E-state index in [1.807, 2.05) is 49.4 Å². The van der Waals surface area contributed by atoms with Gasteiger partial charge in [-0.15, -0.1) is 5.10 Å². The molecule has 0 aliphatic carbocycles. The van der Waals surface area contributed by atoms with E-state index >= 15 is 0 Å². The highest BCUT2D eigenvalue weighted by Gasteiger charge is 2.18. The number of rotatable bonds is 5. The lowest BCUT2D eigenvalue weighted by molar-refractivity contribution is 0.0994. The van der Waals surface area contributed by atoms with Crippen LogP contribution in [0.3, 0.4) is 0 Å². The molecule has 0 radical (unpaired) electrons. The Morgan fingerprint density at radius 2 is 2.00 bits per heavy atom. The van der Waals surface area contributed by atoms with E-state index in [9.17, 15) is 4.79 Å². The van der Waals surface area contributed by atoms with Crippen molar-refractivity contribution in [3.05, 3.63) is 60.4 Å². The molecule has 1 unspecified atom stereocenters. The van der Waals surface area contributed by atoms with Gasteiger partial charge in [0.25, 0.3) is 0 Å². The van der Waals surface area contributed by atoms with Crippen LogP contribution in [0.25, 0.3) is 11.4 Å². The monoisotopic (exact) mass is 310 g/mol. The highest BCUT2D eigenvalue weighted by Crippen LogP contribution is 2.24. The maximum Gasteiger partial charge on any atom is 0.209 e. The van der Waals surface area contributed by atoms with Crippen molar-refractivity contribution in [2.45, 2.75) is 17.3 Å². The van der Waals surface area contributed by atoms with Crippen molar-refractivity contribution in [3.8, 4) is 11.4 Å². The minimum Gasteiger partial charge on any atom is -0.293 e. The molecule has 1 aromatic carbocycles. The molecule has 0 amide bonds. The maximum atomic E-state index is 12.3. The molecule has 2 aromatic heterocycles. The van der Waals surface area contributed by atoms with Gasteiger partial charge in [0.05, 0.1) is 5.25 Å². The molecule has 5 nitrogen and oxygen atoms in total. The highest BCUT2D eigenvalue weighted by molar-refractivity contribution is 8.00. The Morgan fingerprint density at radius 3 is 2.73 bits per heavy atom. The topological polar surface area (TPSA) is 71.5 Å². The second-order valence-corrected chi connectivity index (χ2v) is 6.01. The third kappa shape index (κ3) is 3.23. The predicted molar refractivity (Wildman–Crippen MR) is 85.7 cm³/mol. The van der Waals surface area contributed by atoms with Crippen molar-refractivity contribution in [3.63, 3.8) is 0 Å². The van der Waals surface area contributed by atoms with Crippen LogP contribution in [0.1, 0.15) is 17.3 Å². The molecule has 22 heavy (non-hydrogen) atoms. The summed E-state index contributed by atoms with van der Waals surface area (Å²) >= 11 is 1.34. The molecule has 0 spiro atoms. The predicted octanol–water partition coefficient (Wildman–Crippen LogP) is 3.23. The van der Waals surface area contributed by atoms with Gasteiger partial charge in [-0.25, -0.2) is 4.98 Å². The molecule has 0 bridgehead atoms. The number of Topliss-reactive ketones (excluding diaryl/α,β-unsaturated/α-hetero) is 1. The summed E-state index contributed by atoms with van der Waals surface area (Å²) in [6, 6.07) is 13.0. The number of nitrogens with zero attached hydrogens (tertiary/aromatic N) is 3. The van der Waals surface area contributed by atoms with Crippen LogP contribution in [0.5, 0.6) is 0 Å². The van der Waals surface area contributed by atoms with Gasteiger partial charge in [0.2, 0.25) is 5.16 Å². The third-order valence-electron chi connectivity index (χ3n) is 3.11. The van der Waals surface area contributed by atoms with Crippen molar-refractivity contribution < 1.29 is 4.79 Å². The van der Waals surface area contributed by atoms with Crippen LogP contribution < -0.4 is 0 Å². The first kappa shape index (κ1) is 14.5. The summed E-state index contributed by atoms with van der Waals surface area (Å²) in [5.74, 6) is 0.716. The van der Waals surface area contributed by atoms with E-state index in [0.717, 1.165) is 5.56 Å². The first-order chi connectivity index (χ1) is 10.7. The Kier molecular flexibility index (Phi) is 4.29. The van der Waals surface area contributed by atoms with Crippen LogP contribution in [0.2, 0.25) is 0 Å². The van der Waals surface area contributed by atoms with Gasteiger partial charge in [-0.05, 0) is 19.1 Å². The summed E-state index contributed by atoms with van der Waals surface area (Å²) in [6.45, 7) is 1.86. The lowest BCUT2D eigenvalue weighted by Crippen LogP contribution is -2.13. The maximum absolute atomic E-state index is 12.3. The number of nitrogens with one attached hydrogen (secondary N) is 1. The number of ketones is 1. The van der Waals surface area contributed by atoms with Crippen LogP contribution >= 0.6 is 11.8 Å². The number of aromatic nitrogens is 4. The average Bonchev–Trinajstić information content (AvgIpc) is 3.04. The van der Waals surface area contributed by atoms with Crippen molar-refractivity contribution in [1.82, 2.24) is 20.2 Å². The highest BCUT2D eigenvalue weighted by atomic mass is 32.2. The lowest BCUT2D eigenvalue weighted by atomic mass is 10.1. The first-order valence-electron chi connectivity index (χ1n) is 6.83. The number of carbonyl (C=O) groups excluding carboxylic acids is 1. The fourth-order valence-corrected chi connectivity index (χ4v) is 2.78. The molecular weight excluding hydrogens is 296 g/mol. The Hall–Kier alpha value is -2.47. The van der Waals surface area contributed by atoms with Gasteiger partial charge in [0, 0.05) is 23.5 Å². The van der Waals surface area contributed by atoms with Gasteiger partial charge in [-0.3, -0.25) is 14.9 Å². The van der Waals surface area contributed by atoms with Gasteiger partial charge >= 0.3 is 0 Å². The van der Waals surface area contributed by atoms with Gasteiger partial charge in [-0.2, -0.15) is 0 Å². The number of thioether (sulfide) groups is 1. The quantitative estimate of drug-likeness (QED) is 0.578. The molecule has 0 aliphatic heterocycles. The normalized spacial score (nSPS) is 12.0. The number of hydrogen-bond donors (Lipinski definition) is 1. The second-order valence-electron chi connectivity index (χ2n) is 4.70. The average molecular weight is 310 g/mol. The number of pyridine rings is 1. The Bertz CT molecular complexity index is 758. The fraction of sp³-hybridized carbons (Fsp3) is 0.125. The number of hydrogen-bond acceptors (Lipinski definition) is 5. The molecule has 0 saturated heterocycles. The number of aromatic amines is 1. The zero-order chi connectivity index (χ0) is 15.4. The Labute approximate surface area is 132 Å². The Morgan fingerprint density at radius 1 is 1.18 bits per heavy atom. The minimum atomic E-state index is -0.250. The second kappa shape index (κ2) is 6.53. The minimum absolute atomic E-state index is 0.0679. The summed E-state index contributed by atoms with van der Waals surface area (Å²) in [6.07, 6.45) is 3.42. The summed E-state index contributed by atoms with van der Waals surface area (Å²) in [7, 11) is 0. The van der Waals surface area contributed by atoms with Crippen LogP contribution in [0.4, 0.5) is 0 Å². The van der Waals surface area contributed by atoms with Gasteiger partial charge in [0.15, 0.2) is 11.6 Å². The molecule has 3 rings (SSSR count). The van der Waals surface area contributed by atoms with Crippen molar-refractivity contribution in [2.75, 3.05) is 0 Å². The number of H-pyrrole nitrogens is 1. The molecule has 0 saturated carbocycles. The van der Waals surface area contributed by atoms with E-state index in [2.05, 4.69) is 20.2 Å². The van der Waals surface area contributed by atoms with Crippen molar-refractivity contribution >= 4 is 17.5 Å². The van der Waals surface area contributed by atoms with Crippen LogP contribution in [-0.4, -0.2) is 31.2 Å². The standard InChI is InChI=1S/C16H14N4OS/c1-11(14(21)12-6-3-2-4-7-12)22-16-18-15(19-20-16)13-8-5-9-17-10-13/h2-11H,1H3,(H,18,19,20). The summed E-state index contributed by atoms with van der Waals surface area (Å²) in [4.78, 5) is 20.8. The molecule has 110 valence electrons. The molecule has 6 heteroatoms. The van der Waals surface area contributed by atoms with E-state index in [4.69, 9.17) is 0 Å². The summed E-state index contributed by atoms with van der Waals surface area (Å²) < 4.78 is 0. The third-order valence-corrected chi connectivity index (χ3v) is 4.07. The fourth-order valence-electron chi connectivity index (χ4n) is 1.98. The van der Waals surface area contributed by atoms with E-state index in [1.165, 1.54) is 11.8 Å². The van der Waals surface area contributed by atoms with Crippen molar-refractivity contribution in [1.29, 1.82) is 0 Å². The smallest absolute Gasteiger partial charge is 0.209 e.